The summed E-state index contributed by atoms with van der Waals surface area (Å²) in [7, 11) is 7.33. The largest absolute Gasteiger partial charge is 0.462 e. The van der Waals surface area contributed by atoms with Crippen molar-refractivity contribution >= 4 is 11.8 Å². The molecule has 0 aromatic carbocycles. The second-order valence-electron chi connectivity index (χ2n) is 17.4. The van der Waals surface area contributed by atoms with Gasteiger partial charge in [-0.1, -0.05) is 31.6 Å². The van der Waals surface area contributed by atoms with E-state index in [1.807, 2.05) is 20.8 Å². The van der Waals surface area contributed by atoms with Gasteiger partial charge >= 0.3 is 5.97 Å². The van der Waals surface area contributed by atoms with Crippen molar-refractivity contribution in [3.63, 3.8) is 0 Å². The van der Waals surface area contributed by atoms with E-state index in [0.717, 1.165) is 50.5 Å². The Morgan fingerprint density at radius 2 is 1.70 bits per heavy atom. The number of cyclic esters (lactones) is 1. The smallest absolute Gasteiger partial charge is 0.306 e. The summed E-state index contributed by atoms with van der Waals surface area (Å²) in [6.45, 7) is 12.2. The molecule has 0 amide bonds. The second kappa shape index (κ2) is 16.8. The van der Waals surface area contributed by atoms with E-state index in [0.29, 0.717) is 12.5 Å². The van der Waals surface area contributed by atoms with Crippen molar-refractivity contribution in [3.05, 3.63) is 23.3 Å². The van der Waals surface area contributed by atoms with Crippen molar-refractivity contribution in [2.75, 3.05) is 28.3 Å². The Morgan fingerprint density at radius 3 is 2.36 bits per heavy atom. The Labute approximate surface area is 317 Å². The van der Waals surface area contributed by atoms with Gasteiger partial charge in [-0.15, -0.1) is 0 Å². The zero-order chi connectivity index (χ0) is 38.4. The van der Waals surface area contributed by atoms with Crippen LogP contribution in [0.1, 0.15) is 99.3 Å². The van der Waals surface area contributed by atoms with E-state index in [2.05, 4.69) is 51.9 Å². The van der Waals surface area contributed by atoms with Gasteiger partial charge in [0.1, 0.15) is 24.4 Å². The number of rotatable bonds is 8. The number of fused-ring (bicyclic) bond motifs is 5. The molecule has 0 aromatic heterocycles. The molecule has 1 saturated carbocycles. The first-order valence-corrected chi connectivity index (χ1v) is 20.4. The Bertz CT molecular complexity index is 1370. The molecule has 0 radical (unpaired) electrons. The van der Waals surface area contributed by atoms with Crippen molar-refractivity contribution in [2.45, 2.75) is 166 Å². The number of aliphatic hydroxyl groups excluding tert-OH is 1. The number of allylic oxidation sites excluding steroid dienone is 4. The topological polar surface area (TPSA) is 122 Å². The van der Waals surface area contributed by atoms with Crippen molar-refractivity contribution in [1.29, 1.82) is 0 Å². The molecule has 3 heterocycles. The third-order valence-electron chi connectivity index (χ3n) is 13.8. The molecule has 3 aliphatic heterocycles. The molecule has 0 spiro atoms. The molecular weight excluding hydrogens is 678 g/mol. The van der Waals surface area contributed by atoms with E-state index in [1.54, 1.807) is 14.2 Å². The maximum Gasteiger partial charge on any atom is 0.306 e. The van der Waals surface area contributed by atoms with E-state index in [9.17, 15) is 14.7 Å². The molecule has 11 heteroatoms. The first-order valence-electron chi connectivity index (χ1n) is 20.4. The van der Waals surface area contributed by atoms with Crippen LogP contribution in [0.15, 0.2) is 23.3 Å². The van der Waals surface area contributed by atoms with Gasteiger partial charge in [0, 0.05) is 38.5 Å². The van der Waals surface area contributed by atoms with Crippen LogP contribution in [-0.4, -0.2) is 117 Å². The summed E-state index contributed by atoms with van der Waals surface area (Å²) in [6, 6.07) is 0.311. The number of ketones is 1. The van der Waals surface area contributed by atoms with E-state index in [1.165, 1.54) is 5.57 Å². The van der Waals surface area contributed by atoms with Gasteiger partial charge in [0.05, 0.1) is 30.8 Å². The molecule has 1 N–H and O–H groups in total. The Kier molecular flexibility index (Phi) is 13.0. The fourth-order valence-electron chi connectivity index (χ4n) is 10.8. The predicted molar refractivity (Wildman–Crippen MR) is 199 cm³/mol. The van der Waals surface area contributed by atoms with Gasteiger partial charge in [0.15, 0.2) is 17.9 Å². The highest BCUT2D eigenvalue weighted by molar-refractivity contribution is 5.99. The number of hydrogen-bond acceptors (Lipinski definition) is 11. The van der Waals surface area contributed by atoms with Crippen LogP contribution in [0, 0.1) is 35.5 Å². The molecule has 0 bridgehead atoms. The number of carbonyl (C=O) groups excluding carboxylic acids is 2. The van der Waals surface area contributed by atoms with Crippen LogP contribution in [0.3, 0.4) is 0 Å². The Balaban J connectivity index is 1.25. The summed E-state index contributed by atoms with van der Waals surface area (Å²) in [5.41, 5.74) is 2.03. The summed E-state index contributed by atoms with van der Waals surface area (Å²) < 4.78 is 43.8. The third-order valence-corrected chi connectivity index (χ3v) is 13.8. The third kappa shape index (κ3) is 8.38. The summed E-state index contributed by atoms with van der Waals surface area (Å²) in [5.74, 6) is -0.971. The lowest BCUT2D eigenvalue weighted by atomic mass is 9.67. The van der Waals surface area contributed by atoms with Crippen molar-refractivity contribution in [1.82, 2.24) is 4.90 Å². The molecule has 4 fully saturated rings. The first-order chi connectivity index (χ1) is 25.2. The first kappa shape index (κ1) is 40.9. The molecule has 6 rings (SSSR count). The van der Waals surface area contributed by atoms with Crippen LogP contribution >= 0.6 is 0 Å². The number of aliphatic hydroxyl groups is 1. The van der Waals surface area contributed by atoms with Gasteiger partial charge in [-0.05, 0) is 116 Å². The number of methoxy groups -OCH3 is 2. The van der Waals surface area contributed by atoms with Gasteiger partial charge in [-0.2, -0.15) is 0 Å². The van der Waals surface area contributed by atoms with E-state index in [-0.39, 0.29) is 72.2 Å². The Hall–Kier alpha value is -1.70. The molecule has 300 valence electrons. The highest BCUT2D eigenvalue weighted by atomic mass is 16.7. The van der Waals surface area contributed by atoms with Crippen molar-refractivity contribution in [3.8, 4) is 0 Å². The number of ether oxygens (including phenoxy) is 7. The predicted octanol–water partition coefficient (Wildman–Crippen LogP) is 5.61. The minimum atomic E-state index is -0.827. The van der Waals surface area contributed by atoms with Gasteiger partial charge < -0.3 is 43.2 Å². The summed E-state index contributed by atoms with van der Waals surface area (Å²) in [5, 5.41) is 10.7. The fourth-order valence-corrected chi connectivity index (χ4v) is 10.8. The Morgan fingerprint density at radius 1 is 0.962 bits per heavy atom. The normalized spacial score (nSPS) is 46.7. The highest BCUT2D eigenvalue weighted by Crippen LogP contribution is 2.56. The standard InChI is InChI=1S/C42H67NO10/c1-11-26-13-12-14-35(53-42(6)16-15-34(43(7)8)24(4)52-42)23(3)37(45)33-20-31-29(32(33)21-36(44)50-26)17-22(2)28-18-27(19-30(28)31)51-41-40(48-10)39(47-9)38(46)25(5)49-41/h17,20,23-32,34-35,38-41,46H,11-16,18-19,21H2,1-10H3/t23-,24-,25+,26+,27-,28+,29-,30-,31-,32+,34+,35+,38+,39-,40-,41+,42-/m1/s1. The number of likely N-dealkylation sites (N-methyl/N-ethyl adjacent to an activating group) is 1. The number of carbonyl (C=O) groups is 2. The quantitative estimate of drug-likeness (QED) is 0.247. The number of nitrogens with zero attached hydrogens (tertiary/aromatic N) is 1. The molecule has 53 heavy (non-hydrogen) atoms. The molecule has 3 aliphatic carbocycles. The monoisotopic (exact) mass is 745 g/mol. The van der Waals surface area contributed by atoms with Gasteiger partial charge in [0.2, 0.25) is 0 Å². The molecule has 11 nitrogen and oxygen atoms in total. The zero-order valence-corrected chi connectivity index (χ0v) is 33.8. The van der Waals surface area contributed by atoms with Crippen LogP contribution in [0.25, 0.3) is 0 Å². The van der Waals surface area contributed by atoms with Crippen LogP contribution in [0.2, 0.25) is 0 Å². The minimum absolute atomic E-state index is 0.00131. The van der Waals surface area contributed by atoms with Gasteiger partial charge in [-0.25, -0.2) is 0 Å². The zero-order valence-electron chi connectivity index (χ0n) is 33.8. The average molecular weight is 746 g/mol. The summed E-state index contributed by atoms with van der Waals surface area (Å²) in [6.07, 6.45) is 7.27. The van der Waals surface area contributed by atoms with E-state index < -0.39 is 42.4 Å². The molecule has 17 atom stereocenters. The van der Waals surface area contributed by atoms with Crippen LogP contribution in [-0.2, 0) is 42.7 Å². The summed E-state index contributed by atoms with van der Waals surface area (Å²) in [4.78, 5) is 30.6. The van der Waals surface area contributed by atoms with E-state index in [4.69, 9.17) is 33.2 Å². The number of esters is 1. The van der Waals surface area contributed by atoms with Gasteiger partial charge in [0.25, 0.3) is 0 Å². The summed E-state index contributed by atoms with van der Waals surface area (Å²) >= 11 is 0. The molecule has 0 aromatic rings. The van der Waals surface area contributed by atoms with Crippen LogP contribution in [0.4, 0.5) is 0 Å². The maximum absolute atomic E-state index is 14.8. The van der Waals surface area contributed by atoms with E-state index >= 15 is 0 Å². The molecule has 3 saturated heterocycles. The SMILES string of the molecule is CC[C@H]1CCC[C@H](O[C@]2(C)CC[C@H](N(C)C)[C@@H](C)O2)[C@@H](C)C(=O)C2=C[C@@H]3[C@@H](C=C(C)[C@@H]4C[C@@H](O[C@@H]5O[C@@H](C)[C@H](O)[C@@H](OC)[C@H]5OC)C[C@@H]34)[C@@H]2CC(=O)O1. The molecule has 6 aliphatic rings. The lowest BCUT2D eigenvalue weighted by Gasteiger charge is -2.45. The fraction of sp³-hybridized carbons (Fsp3) is 0.857. The second-order valence-corrected chi connectivity index (χ2v) is 17.4. The van der Waals surface area contributed by atoms with Crippen LogP contribution < -0.4 is 0 Å². The maximum atomic E-state index is 14.8. The lowest BCUT2D eigenvalue weighted by Crippen LogP contribution is -2.59. The lowest BCUT2D eigenvalue weighted by molar-refractivity contribution is -0.311. The highest BCUT2D eigenvalue weighted by Gasteiger charge is 2.54. The average Bonchev–Trinajstić information content (AvgIpc) is 3.69. The van der Waals surface area contributed by atoms with Gasteiger partial charge in [-0.3, -0.25) is 9.59 Å². The molecular formula is C42H67NO10. The molecule has 0 unspecified atom stereocenters. The van der Waals surface area contributed by atoms with Crippen molar-refractivity contribution < 1.29 is 47.9 Å². The number of Topliss-reactive ketones (excluding diaryl/α,β-unsaturated/α-hetero) is 1. The number of hydrogen-bond donors (Lipinski definition) is 1. The van der Waals surface area contributed by atoms with Crippen molar-refractivity contribution in [2.24, 2.45) is 35.5 Å². The minimum Gasteiger partial charge on any atom is -0.462 e. The van der Waals surface area contributed by atoms with Crippen LogP contribution in [0.5, 0.6) is 0 Å².